The fraction of sp³-hybridized carbons (Fsp3) is 0.190. The van der Waals surface area contributed by atoms with Crippen molar-refractivity contribution in [2.75, 3.05) is 11.4 Å². The van der Waals surface area contributed by atoms with Crippen molar-refractivity contribution in [3.63, 3.8) is 0 Å². The molecule has 0 bridgehead atoms. The summed E-state index contributed by atoms with van der Waals surface area (Å²) in [6.45, 7) is 3.60. The molecule has 0 atom stereocenters. The summed E-state index contributed by atoms with van der Waals surface area (Å²) in [7, 11) is 0. The highest BCUT2D eigenvalue weighted by molar-refractivity contribution is 7.18. The predicted molar refractivity (Wildman–Crippen MR) is 108 cm³/mol. The molecule has 1 aliphatic heterocycles. The minimum Gasteiger partial charge on any atom is -0.453 e. The van der Waals surface area contributed by atoms with Crippen LogP contribution in [0, 0.1) is 12.7 Å². The van der Waals surface area contributed by atoms with Crippen LogP contribution in [0.5, 0.6) is 11.5 Å². The quantitative estimate of drug-likeness (QED) is 0.497. The van der Waals surface area contributed by atoms with Crippen LogP contribution in [0.3, 0.4) is 0 Å². The van der Waals surface area contributed by atoms with E-state index < -0.39 is 5.82 Å². The van der Waals surface area contributed by atoms with Crippen molar-refractivity contribution < 1.29 is 9.13 Å². The van der Waals surface area contributed by atoms with Crippen LogP contribution in [0.1, 0.15) is 16.1 Å². The van der Waals surface area contributed by atoms with Crippen LogP contribution in [0.25, 0.3) is 10.2 Å². The summed E-state index contributed by atoms with van der Waals surface area (Å²) in [4.78, 5) is 17.9. The first-order valence-corrected chi connectivity index (χ1v) is 9.85. The van der Waals surface area contributed by atoms with Crippen molar-refractivity contribution in [3.05, 3.63) is 70.9 Å². The molecule has 1 aliphatic rings. The molecule has 0 saturated carbocycles. The van der Waals surface area contributed by atoms with Gasteiger partial charge < -0.3 is 9.64 Å². The molecule has 140 valence electrons. The van der Waals surface area contributed by atoms with Gasteiger partial charge in [-0.2, -0.15) is 0 Å². The number of para-hydroxylation sites is 1. The highest BCUT2D eigenvalue weighted by atomic mass is 32.1. The van der Waals surface area contributed by atoms with Gasteiger partial charge in [0.25, 0.3) is 0 Å². The number of hydrogen-bond acceptors (Lipinski definition) is 6. The predicted octanol–water partition coefficient (Wildman–Crippen LogP) is 4.89. The normalized spacial score (nSPS) is 13.6. The summed E-state index contributed by atoms with van der Waals surface area (Å²) in [5.41, 5.74) is 2.11. The minimum atomic E-state index is -0.391. The van der Waals surface area contributed by atoms with Crippen molar-refractivity contribution in [2.45, 2.75) is 19.9 Å². The molecule has 4 aromatic rings. The zero-order valence-corrected chi connectivity index (χ0v) is 16.0. The minimum absolute atomic E-state index is 0.197. The first kappa shape index (κ1) is 17.1. The molecular formula is C21H17FN4OS. The van der Waals surface area contributed by atoms with Crippen molar-refractivity contribution >= 4 is 27.4 Å². The van der Waals surface area contributed by atoms with Crippen LogP contribution in [-0.2, 0) is 13.0 Å². The van der Waals surface area contributed by atoms with Crippen LogP contribution in [0.2, 0.25) is 0 Å². The first-order chi connectivity index (χ1) is 13.7. The molecule has 0 N–H and O–H groups in total. The second kappa shape index (κ2) is 6.83. The summed E-state index contributed by atoms with van der Waals surface area (Å²) in [6, 6.07) is 10.5. The van der Waals surface area contributed by atoms with E-state index in [1.807, 2.05) is 6.07 Å². The third kappa shape index (κ3) is 3.07. The topological polar surface area (TPSA) is 51.1 Å². The number of pyridine rings is 1. The zero-order chi connectivity index (χ0) is 19.1. The number of anilines is 1. The molecule has 3 aromatic heterocycles. The summed E-state index contributed by atoms with van der Waals surface area (Å²) in [5, 5.41) is 1.08. The van der Waals surface area contributed by atoms with Crippen LogP contribution in [0.4, 0.5) is 10.2 Å². The summed E-state index contributed by atoms with van der Waals surface area (Å²) < 4.78 is 19.6. The standard InChI is InChI=1S/C21H17FN4OS/c1-13-8-16-20(24-12-25-21(16)28-13)26-7-6-18-14(11-26)9-15(10-23-18)27-19-5-3-2-4-17(19)22/h2-5,8-10,12H,6-7,11H2,1H3. The van der Waals surface area contributed by atoms with E-state index in [0.717, 1.165) is 40.3 Å². The Labute approximate surface area is 165 Å². The highest BCUT2D eigenvalue weighted by Crippen LogP contribution is 2.33. The molecular weight excluding hydrogens is 375 g/mol. The molecule has 0 fully saturated rings. The van der Waals surface area contributed by atoms with E-state index in [9.17, 15) is 4.39 Å². The lowest BCUT2D eigenvalue weighted by atomic mass is 10.1. The van der Waals surface area contributed by atoms with Crippen LogP contribution in [-0.4, -0.2) is 21.5 Å². The Hall–Kier alpha value is -3.06. The van der Waals surface area contributed by atoms with Gasteiger partial charge in [-0.3, -0.25) is 4.98 Å². The highest BCUT2D eigenvalue weighted by Gasteiger charge is 2.22. The fourth-order valence-electron chi connectivity index (χ4n) is 3.51. The number of aryl methyl sites for hydroxylation is 1. The molecule has 0 radical (unpaired) electrons. The molecule has 0 unspecified atom stereocenters. The Bertz CT molecular complexity index is 1180. The van der Waals surface area contributed by atoms with E-state index in [1.54, 1.807) is 42.1 Å². The third-order valence-corrected chi connectivity index (χ3v) is 5.77. The Kier molecular flexibility index (Phi) is 4.16. The maximum Gasteiger partial charge on any atom is 0.165 e. The van der Waals surface area contributed by atoms with Crippen molar-refractivity contribution in [3.8, 4) is 11.5 Å². The monoisotopic (exact) mass is 392 g/mol. The van der Waals surface area contributed by atoms with Gasteiger partial charge in [-0.05, 0) is 36.8 Å². The first-order valence-electron chi connectivity index (χ1n) is 9.03. The largest absolute Gasteiger partial charge is 0.453 e. The Morgan fingerprint density at radius 3 is 2.93 bits per heavy atom. The lowest BCUT2D eigenvalue weighted by Gasteiger charge is -2.29. The molecule has 5 rings (SSSR count). The van der Waals surface area contributed by atoms with E-state index in [-0.39, 0.29) is 5.75 Å². The van der Waals surface area contributed by atoms with Gasteiger partial charge >= 0.3 is 0 Å². The van der Waals surface area contributed by atoms with E-state index in [4.69, 9.17) is 4.74 Å². The Morgan fingerprint density at radius 2 is 2.04 bits per heavy atom. The molecule has 28 heavy (non-hydrogen) atoms. The van der Waals surface area contributed by atoms with Gasteiger partial charge in [-0.15, -0.1) is 11.3 Å². The second-order valence-corrected chi connectivity index (χ2v) is 7.99. The average Bonchev–Trinajstić information content (AvgIpc) is 3.09. The number of thiophene rings is 1. The summed E-state index contributed by atoms with van der Waals surface area (Å²) in [5.74, 6) is 1.28. The lowest BCUT2D eigenvalue weighted by molar-refractivity contribution is 0.439. The zero-order valence-electron chi connectivity index (χ0n) is 15.2. The second-order valence-electron chi connectivity index (χ2n) is 6.75. The van der Waals surface area contributed by atoms with Gasteiger partial charge in [-0.1, -0.05) is 12.1 Å². The van der Waals surface area contributed by atoms with Crippen LogP contribution in [0.15, 0.2) is 48.9 Å². The number of halogens is 1. The van der Waals surface area contributed by atoms with Gasteiger partial charge in [0.05, 0.1) is 11.6 Å². The molecule has 0 amide bonds. The van der Waals surface area contributed by atoms with Gasteiger partial charge in [-0.25, -0.2) is 14.4 Å². The summed E-state index contributed by atoms with van der Waals surface area (Å²) in [6.07, 6.45) is 4.11. The number of ether oxygens (including phenoxy) is 1. The molecule has 0 spiro atoms. The molecule has 4 heterocycles. The Morgan fingerprint density at radius 1 is 1.14 bits per heavy atom. The number of hydrogen-bond donors (Lipinski definition) is 0. The van der Waals surface area contributed by atoms with Crippen LogP contribution >= 0.6 is 11.3 Å². The van der Waals surface area contributed by atoms with E-state index >= 15 is 0 Å². The fourth-order valence-corrected chi connectivity index (χ4v) is 4.35. The van der Waals surface area contributed by atoms with E-state index in [2.05, 4.69) is 32.8 Å². The maximum absolute atomic E-state index is 13.9. The van der Waals surface area contributed by atoms with E-state index in [1.165, 1.54) is 10.9 Å². The number of aromatic nitrogens is 3. The average molecular weight is 392 g/mol. The van der Waals surface area contributed by atoms with Gasteiger partial charge in [0.1, 0.15) is 22.7 Å². The maximum atomic E-state index is 13.9. The van der Waals surface area contributed by atoms with Crippen molar-refractivity contribution in [2.24, 2.45) is 0 Å². The lowest BCUT2D eigenvalue weighted by Crippen LogP contribution is -2.31. The number of fused-ring (bicyclic) bond motifs is 2. The number of benzene rings is 1. The van der Waals surface area contributed by atoms with Gasteiger partial charge in [0.15, 0.2) is 11.6 Å². The number of nitrogens with zero attached hydrogens (tertiary/aromatic N) is 4. The molecule has 0 saturated heterocycles. The molecule has 5 nitrogen and oxygen atoms in total. The molecule has 1 aromatic carbocycles. The Balaban J connectivity index is 1.45. The SMILES string of the molecule is Cc1cc2c(N3CCc4ncc(Oc5ccccc5F)cc4C3)ncnc2s1. The van der Waals surface area contributed by atoms with Gasteiger partial charge in [0.2, 0.25) is 0 Å². The number of rotatable bonds is 3. The third-order valence-electron chi connectivity index (χ3n) is 4.81. The van der Waals surface area contributed by atoms with Crippen molar-refractivity contribution in [1.29, 1.82) is 0 Å². The van der Waals surface area contributed by atoms with Crippen molar-refractivity contribution in [1.82, 2.24) is 15.0 Å². The molecule has 0 aliphatic carbocycles. The molecule has 7 heteroatoms. The smallest absolute Gasteiger partial charge is 0.165 e. The van der Waals surface area contributed by atoms with Gasteiger partial charge in [0, 0.05) is 30.1 Å². The van der Waals surface area contributed by atoms with E-state index in [0.29, 0.717) is 12.3 Å². The van der Waals surface area contributed by atoms with Crippen LogP contribution < -0.4 is 9.64 Å². The summed E-state index contributed by atoms with van der Waals surface area (Å²) >= 11 is 1.68.